The average Bonchev–Trinajstić information content (AvgIpc) is 2.74. The molecule has 0 aromatic carbocycles. The fourth-order valence-corrected chi connectivity index (χ4v) is 1.60. The van der Waals surface area contributed by atoms with Crippen molar-refractivity contribution < 1.29 is 0 Å². The summed E-state index contributed by atoms with van der Waals surface area (Å²) in [6.07, 6.45) is 9.34. The molecule has 0 radical (unpaired) electrons. The summed E-state index contributed by atoms with van der Waals surface area (Å²) in [7, 11) is 0. The lowest BCUT2D eigenvalue weighted by atomic mass is 10.1. The Morgan fingerprint density at radius 3 is 2.47 bits per heavy atom. The third kappa shape index (κ3) is 5.60. The van der Waals surface area contributed by atoms with Crippen molar-refractivity contribution in [2.45, 2.75) is 66.2 Å². The molecule has 0 spiro atoms. The van der Waals surface area contributed by atoms with E-state index in [2.05, 4.69) is 23.8 Å². The van der Waals surface area contributed by atoms with Crippen molar-refractivity contribution in [3.05, 3.63) is 17.7 Å². The molecule has 2 heteroatoms. The van der Waals surface area contributed by atoms with Crippen LogP contribution in [0.3, 0.4) is 0 Å². The van der Waals surface area contributed by atoms with E-state index in [1.54, 1.807) is 0 Å². The Balaban J connectivity index is 0.000000921. The van der Waals surface area contributed by atoms with Crippen LogP contribution in [-0.2, 0) is 12.8 Å². The van der Waals surface area contributed by atoms with Gasteiger partial charge in [0.25, 0.3) is 0 Å². The minimum Gasteiger partial charge on any atom is -0.348 e. The third-order valence-corrected chi connectivity index (χ3v) is 2.42. The van der Waals surface area contributed by atoms with Crippen LogP contribution in [0.2, 0.25) is 0 Å². The molecule has 1 aromatic heterocycles. The molecule has 0 amide bonds. The van der Waals surface area contributed by atoms with Crippen LogP contribution >= 0.6 is 0 Å². The summed E-state index contributed by atoms with van der Waals surface area (Å²) in [6, 6.07) is 0. The monoisotopic (exact) mass is 210 g/mol. The number of imidazole rings is 1. The van der Waals surface area contributed by atoms with Gasteiger partial charge in [0.05, 0.1) is 12.0 Å². The number of hydrogen-bond acceptors (Lipinski definition) is 1. The van der Waals surface area contributed by atoms with Gasteiger partial charge in [0.1, 0.15) is 0 Å². The first-order valence-corrected chi connectivity index (χ1v) is 6.39. The number of aromatic nitrogens is 2. The van der Waals surface area contributed by atoms with Crippen molar-refractivity contribution in [2.75, 3.05) is 0 Å². The van der Waals surface area contributed by atoms with Crippen LogP contribution in [0.15, 0.2) is 6.33 Å². The number of aryl methyl sites for hydroxylation is 2. The fraction of sp³-hybridized carbons (Fsp3) is 0.769. The highest BCUT2D eigenvalue weighted by Gasteiger charge is 2.01. The van der Waals surface area contributed by atoms with E-state index >= 15 is 0 Å². The first-order chi connectivity index (χ1) is 7.38. The van der Waals surface area contributed by atoms with Crippen LogP contribution in [0.5, 0.6) is 0 Å². The van der Waals surface area contributed by atoms with E-state index in [-0.39, 0.29) is 0 Å². The molecule has 1 N–H and O–H groups in total. The second-order valence-electron chi connectivity index (χ2n) is 3.49. The Morgan fingerprint density at radius 1 is 1.13 bits per heavy atom. The molecule has 0 bridgehead atoms. The normalized spacial score (nSPS) is 9.60. The lowest BCUT2D eigenvalue weighted by Gasteiger charge is -2.00. The number of nitrogens with zero attached hydrogens (tertiary/aromatic N) is 1. The average molecular weight is 210 g/mol. The third-order valence-electron chi connectivity index (χ3n) is 2.42. The summed E-state index contributed by atoms with van der Waals surface area (Å²) in [5, 5.41) is 0. The number of hydrogen-bond donors (Lipinski definition) is 1. The number of H-pyrrole nitrogens is 1. The molecule has 1 heterocycles. The fourth-order valence-electron chi connectivity index (χ4n) is 1.60. The molecule has 0 fully saturated rings. The zero-order valence-corrected chi connectivity index (χ0v) is 10.8. The Hall–Kier alpha value is -0.790. The van der Waals surface area contributed by atoms with Gasteiger partial charge in [-0.1, -0.05) is 47.0 Å². The number of nitrogens with one attached hydrogen (secondary N) is 1. The number of unbranched alkanes of at least 4 members (excludes halogenated alkanes) is 3. The van der Waals surface area contributed by atoms with Crippen molar-refractivity contribution in [3.8, 4) is 0 Å². The van der Waals surface area contributed by atoms with Crippen LogP contribution in [0.25, 0.3) is 0 Å². The Bertz CT molecular complexity index is 228. The Labute approximate surface area is 94.5 Å². The van der Waals surface area contributed by atoms with Crippen molar-refractivity contribution in [2.24, 2.45) is 0 Å². The van der Waals surface area contributed by atoms with Gasteiger partial charge in [-0.05, 0) is 19.3 Å². The zero-order chi connectivity index (χ0) is 11.5. The van der Waals surface area contributed by atoms with E-state index in [9.17, 15) is 0 Å². The molecular weight excluding hydrogens is 184 g/mol. The largest absolute Gasteiger partial charge is 0.348 e. The van der Waals surface area contributed by atoms with Gasteiger partial charge in [0.2, 0.25) is 0 Å². The minimum atomic E-state index is 1.05. The maximum Gasteiger partial charge on any atom is 0.0925 e. The van der Waals surface area contributed by atoms with Gasteiger partial charge >= 0.3 is 0 Å². The van der Waals surface area contributed by atoms with E-state index in [0.717, 1.165) is 6.42 Å². The maximum absolute atomic E-state index is 4.28. The molecule has 0 unspecified atom stereocenters. The van der Waals surface area contributed by atoms with Crippen LogP contribution < -0.4 is 0 Å². The molecule has 1 aromatic rings. The van der Waals surface area contributed by atoms with Crippen LogP contribution in [0.4, 0.5) is 0 Å². The summed E-state index contributed by atoms with van der Waals surface area (Å²) in [5.74, 6) is 0. The van der Waals surface area contributed by atoms with Crippen molar-refractivity contribution >= 4 is 0 Å². The topological polar surface area (TPSA) is 28.7 Å². The molecule has 0 saturated heterocycles. The summed E-state index contributed by atoms with van der Waals surface area (Å²) in [4.78, 5) is 7.50. The molecule has 0 aliphatic carbocycles. The van der Waals surface area contributed by atoms with Crippen LogP contribution in [0.1, 0.15) is 64.8 Å². The predicted molar refractivity (Wildman–Crippen MR) is 67.2 cm³/mol. The van der Waals surface area contributed by atoms with Crippen LogP contribution in [-0.4, -0.2) is 9.97 Å². The van der Waals surface area contributed by atoms with Crippen molar-refractivity contribution in [3.63, 3.8) is 0 Å². The van der Waals surface area contributed by atoms with E-state index in [1.165, 1.54) is 43.5 Å². The van der Waals surface area contributed by atoms with Gasteiger partial charge in [-0.3, -0.25) is 0 Å². The smallest absolute Gasteiger partial charge is 0.0925 e. The summed E-state index contributed by atoms with van der Waals surface area (Å²) in [6.45, 7) is 8.40. The zero-order valence-electron chi connectivity index (χ0n) is 10.8. The molecule has 0 atom stereocenters. The van der Waals surface area contributed by atoms with Gasteiger partial charge in [0.15, 0.2) is 0 Å². The molecule has 0 saturated carbocycles. The second kappa shape index (κ2) is 9.75. The Kier molecular flexibility index (Phi) is 9.24. The number of aromatic amines is 1. The maximum atomic E-state index is 4.28. The minimum absolute atomic E-state index is 1.05. The highest BCUT2D eigenvalue weighted by atomic mass is 14.9. The van der Waals surface area contributed by atoms with Gasteiger partial charge in [-0.2, -0.15) is 0 Å². The molecule has 15 heavy (non-hydrogen) atoms. The van der Waals surface area contributed by atoms with E-state index < -0.39 is 0 Å². The highest BCUT2D eigenvalue weighted by Crippen LogP contribution is 2.09. The standard InChI is InChI=1S/C11H20N2.C2H6/c1-3-5-6-7-8-11-10(4-2)12-9-13-11;1-2/h9H,3-8H2,1-2H3,(H,12,13);1-2H3. The molecule has 2 nitrogen and oxygen atoms in total. The summed E-state index contributed by atoms with van der Waals surface area (Å²) in [5.41, 5.74) is 2.59. The first kappa shape index (κ1) is 14.2. The lowest BCUT2D eigenvalue weighted by molar-refractivity contribution is 0.659. The summed E-state index contributed by atoms with van der Waals surface area (Å²) >= 11 is 0. The quantitative estimate of drug-likeness (QED) is 0.703. The highest BCUT2D eigenvalue weighted by molar-refractivity contribution is 5.10. The van der Waals surface area contributed by atoms with Crippen LogP contribution in [0, 0.1) is 0 Å². The lowest BCUT2D eigenvalue weighted by Crippen LogP contribution is -1.92. The predicted octanol–water partition coefficient (Wildman–Crippen LogP) is 4.12. The van der Waals surface area contributed by atoms with Gasteiger partial charge in [-0.25, -0.2) is 4.98 Å². The van der Waals surface area contributed by atoms with E-state index in [1.807, 2.05) is 20.2 Å². The first-order valence-electron chi connectivity index (χ1n) is 6.39. The second-order valence-corrected chi connectivity index (χ2v) is 3.49. The van der Waals surface area contributed by atoms with Gasteiger partial charge < -0.3 is 4.98 Å². The van der Waals surface area contributed by atoms with E-state index in [0.29, 0.717) is 0 Å². The summed E-state index contributed by atoms with van der Waals surface area (Å²) < 4.78 is 0. The molecule has 88 valence electrons. The molecule has 0 aliphatic rings. The number of rotatable bonds is 6. The Morgan fingerprint density at radius 2 is 1.87 bits per heavy atom. The van der Waals surface area contributed by atoms with E-state index in [4.69, 9.17) is 0 Å². The van der Waals surface area contributed by atoms with Crippen molar-refractivity contribution in [1.82, 2.24) is 9.97 Å². The SMILES string of the molecule is CC.CCCCCCc1[nH]cnc1CC. The molecular formula is C13H26N2. The van der Waals surface area contributed by atoms with Gasteiger partial charge in [-0.15, -0.1) is 0 Å². The molecule has 0 aliphatic heterocycles. The van der Waals surface area contributed by atoms with Gasteiger partial charge in [0, 0.05) is 5.69 Å². The molecule has 1 rings (SSSR count). The van der Waals surface area contributed by atoms with Crippen molar-refractivity contribution in [1.29, 1.82) is 0 Å².